The fraction of sp³-hybridized carbons (Fsp3) is 0.625. The van der Waals surface area contributed by atoms with Gasteiger partial charge in [-0.2, -0.15) is 13.2 Å². The first-order valence-electron chi connectivity index (χ1n) is 7.52. The molecule has 2 nitrogen and oxygen atoms in total. The summed E-state index contributed by atoms with van der Waals surface area (Å²) in [4.78, 5) is 0. The number of rotatable bonds is 4. The van der Waals surface area contributed by atoms with E-state index in [1.54, 1.807) is 12.1 Å². The van der Waals surface area contributed by atoms with Gasteiger partial charge in [0.15, 0.2) is 0 Å². The monoisotopic (exact) mass is 301 g/mol. The predicted molar refractivity (Wildman–Crippen MR) is 76.1 cm³/mol. The Morgan fingerprint density at radius 1 is 1.29 bits per heavy atom. The van der Waals surface area contributed by atoms with Crippen LogP contribution < -0.4 is 5.32 Å². The summed E-state index contributed by atoms with van der Waals surface area (Å²) >= 11 is 0. The molecule has 0 spiro atoms. The van der Waals surface area contributed by atoms with E-state index in [0.717, 1.165) is 18.4 Å². The van der Waals surface area contributed by atoms with Crippen LogP contribution in [0.5, 0.6) is 5.75 Å². The van der Waals surface area contributed by atoms with E-state index in [-0.39, 0.29) is 30.7 Å². The van der Waals surface area contributed by atoms with Gasteiger partial charge in [0.05, 0.1) is 5.92 Å². The number of phenols is 1. The highest BCUT2D eigenvalue weighted by Gasteiger charge is 2.42. The van der Waals surface area contributed by atoms with Crippen molar-refractivity contribution in [3.8, 4) is 5.75 Å². The Bertz CT molecular complexity index is 461. The molecule has 3 atom stereocenters. The molecule has 2 N–H and O–H groups in total. The zero-order valence-corrected chi connectivity index (χ0v) is 12.2. The topological polar surface area (TPSA) is 32.3 Å². The molecule has 0 heterocycles. The molecule has 5 heteroatoms. The van der Waals surface area contributed by atoms with Crippen molar-refractivity contribution in [3.63, 3.8) is 0 Å². The second-order valence-corrected chi connectivity index (χ2v) is 5.79. The summed E-state index contributed by atoms with van der Waals surface area (Å²) in [5, 5.41) is 13.2. The summed E-state index contributed by atoms with van der Waals surface area (Å²) in [6.45, 7) is 1.97. The van der Waals surface area contributed by atoms with E-state index in [1.165, 1.54) is 0 Å². The molecule has 0 saturated heterocycles. The van der Waals surface area contributed by atoms with Crippen LogP contribution in [-0.4, -0.2) is 17.3 Å². The molecule has 1 aliphatic rings. The van der Waals surface area contributed by atoms with Gasteiger partial charge in [0.2, 0.25) is 0 Å². The smallest absolute Gasteiger partial charge is 0.391 e. The van der Waals surface area contributed by atoms with E-state index in [2.05, 4.69) is 5.32 Å². The van der Waals surface area contributed by atoms with E-state index in [0.29, 0.717) is 6.42 Å². The molecule has 1 aliphatic carbocycles. The molecular weight excluding hydrogens is 279 g/mol. The van der Waals surface area contributed by atoms with Crippen LogP contribution in [0.1, 0.15) is 50.6 Å². The molecule has 118 valence electrons. The van der Waals surface area contributed by atoms with Gasteiger partial charge in [-0.3, -0.25) is 0 Å². The maximum absolute atomic E-state index is 12.9. The molecule has 0 aromatic heterocycles. The van der Waals surface area contributed by atoms with Crippen LogP contribution in [0.3, 0.4) is 0 Å². The van der Waals surface area contributed by atoms with Gasteiger partial charge in [-0.15, -0.1) is 0 Å². The summed E-state index contributed by atoms with van der Waals surface area (Å²) in [7, 11) is 0. The Morgan fingerprint density at radius 2 is 2.00 bits per heavy atom. The van der Waals surface area contributed by atoms with Crippen LogP contribution in [0, 0.1) is 5.92 Å². The van der Waals surface area contributed by atoms with Crippen molar-refractivity contribution in [1.29, 1.82) is 0 Å². The number of aromatic hydroxyl groups is 1. The molecule has 1 aromatic carbocycles. The van der Waals surface area contributed by atoms with Crippen LogP contribution in [0.25, 0.3) is 0 Å². The number of hydrogen-bond donors (Lipinski definition) is 2. The average molecular weight is 301 g/mol. The van der Waals surface area contributed by atoms with Crippen molar-refractivity contribution in [1.82, 2.24) is 5.32 Å². The summed E-state index contributed by atoms with van der Waals surface area (Å²) in [6.07, 6.45) is -1.65. The lowest BCUT2D eigenvalue weighted by atomic mass is 9.84. The number of alkyl halides is 3. The first kappa shape index (κ1) is 16.1. The Hall–Kier alpha value is -1.23. The minimum atomic E-state index is -4.10. The van der Waals surface area contributed by atoms with Crippen LogP contribution in [-0.2, 0) is 0 Å². The van der Waals surface area contributed by atoms with E-state index >= 15 is 0 Å². The number of nitrogens with one attached hydrogen (secondary N) is 1. The van der Waals surface area contributed by atoms with Crippen molar-refractivity contribution in [3.05, 3.63) is 29.8 Å². The van der Waals surface area contributed by atoms with E-state index in [4.69, 9.17) is 0 Å². The highest BCUT2D eigenvalue weighted by atomic mass is 19.4. The quantitative estimate of drug-likeness (QED) is 0.855. The van der Waals surface area contributed by atoms with Gasteiger partial charge in [0, 0.05) is 17.6 Å². The lowest BCUT2D eigenvalue weighted by molar-refractivity contribution is -0.183. The van der Waals surface area contributed by atoms with E-state index in [9.17, 15) is 18.3 Å². The first-order valence-corrected chi connectivity index (χ1v) is 7.52. The first-order chi connectivity index (χ1) is 9.91. The van der Waals surface area contributed by atoms with Gasteiger partial charge in [-0.05, 0) is 31.7 Å². The summed E-state index contributed by atoms with van der Waals surface area (Å²) in [5.41, 5.74) is 0.758. The predicted octanol–water partition coefficient (Wildman–Crippen LogP) is 4.55. The van der Waals surface area contributed by atoms with Crippen LogP contribution in [0.4, 0.5) is 13.2 Å². The summed E-state index contributed by atoms with van der Waals surface area (Å²) < 4.78 is 38.6. The standard InChI is InChI=1S/C16H22F3NO/c1-2-14(13-8-3-4-9-15(13)21)20-12-7-5-6-11(10-12)16(17,18)19/h3-4,8-9,11-12,14,20-21H,2,5-7,10H2,1H3. The van der Waals surface area contributed by atoms with Crippen LogP contribution in [0.15, 0.2) is 24.3 Å². The zero-order chi connectivity index (χ0) is 15.5. The van der Waals surface area contributed by atoms with Gasteiger partial charge >= 0.3 is 6.18 Å². The molecule has 1 aromatic rings. The zero-order valence-electron chi connectivity index (χ0n) is 12.2. The van der Waals surface area contributed by atoms with Crippen molar-refractivity contribution in [2.75, 3.05) is 0 Å². The van der Waals surface area contributed by atoms with Crippen LogP contribution in [0.2, 0.25) is 0 Å². The number of hydrogen-bond acceptors (Lipinski definition) is 2. The molecule has 1 fully saturated rings. The second kappa shape index (κ2) is 6.69. The fourth-order valence-electron chi connectivity index (χ4n) is 3.13. The minimum absolute atomic E-state index is 0.108. The molecule has 3 unspecified atom stereocenters. The van der Waals surface area contributed by atoms with Crippen molar-refractivity contribution < 1.29 is 18.3 Å². The highest BCUT2D eigenvalue weighted by Crippen LogP contribution is 2.38. The van der Waals surface area contributed by atoms with Gasteiger partial charge in [0.1, 0.15) is 5.75 Å². The van der Waals surface area contributed by atoms with Gasteiger partial charge in [-0.25, -0.2) is 0 Å². The van der Waals surface area contributed by atoms with Crippen molar-refractivity contribution >= 4 is 0 Å². The molecule has 0 bridgehead atoms. The number of halogens is 3. The van der Waals surface area contributed by atoms with Gasteiger partial charge < -0.3 is 10.4 Å². The molecule has 0 amide bonds. The lowest BCUT2D eigenvalue weighted by Crippen LogP contribution is -2.40. The lowest BCUT2D eigenvalue weighted by Gasteiger charge is -2.33. The highest BCUT2D eigenvalue weighted by molar-refractivity contribution is 5.34. The molecular formula is C16H22F3NO. The summed E-state index contributed by atoms with van der Waals surface area (Å²) in [6, 6.07) is 6.75. The molecule has 2 rings (SSSR count). The fourth-order valence-corrected chi connectivity index (χ4v) is 3.13. The third-order valence-electron chi connectivity index (χ3n) is 4.29. The summed E-state index contributed by atoms with van der Waals surface area (Å²) in [5.74, 6) is -1.01. The molecule has 1 saturated carbocycles. The maximum Gasteiger partial charge on any atom is 0.391 e. The largest absolute Gasteiger partial charge is 0.508 e. The number of phenolic OH excluding ortho intramolecular Hbond substituents is 1. The van der Waals surface area contributed by atoms with Crippen molar-refractivity contribution in [2.45, 2.75) is 57.3 Å². The Morgan fingerprint density at radius 3 is 2.62 bits per heavy atom. The SMILES string of the molecule is CCC(NC1CCCC(C(F)(F)F)C1)c1ccccc1O. The number of para-hydroxylation sites is 1. The Kier molecular flexibility index (Phi) is 5.14. The molecule has 0 radical (unpaired) electrons. The third-order valence-corrected chi connectivity index (χ3v) is 4.29. The average Bonchev–Trinajstić information content (AvgIpc) is 2.45. The minimum Gasteiger partial charge on any atom is -0.508 e. The Balaban J connectivity index is 2.04. The van der Waals surface area contributed by atoms with E-state index in [1.807, 2.05) is 19.1 Å². The van der Waals surface area contributed by atoms with Crippen LogP contribution >= 0.6 is 0 Å². The van der Waals surface area contributed by atoms with Crippen molar-refractivity contribution in [2.24, 2.45) is 5.92 Å². The van der Waals surface area contributed by atoms with Gasteiger partial charge in [0.25, 0.3) is 0 Å². The molecule has 21 heavy (non-hydrogen) atoms. The van der Waals surface area contributed by atoms with E-state index < -0.39 is 12.1 Å². The Labute approximate surface area is 123 Å². The third kappa shape index (κ3) is 4.13. The maximum atomic E-state index is 12.9. The van der Waals surface area contributed by atoms with Gasteiger partial charge in [-0.1, -0.05) is 31.5 Å². The normalized spacial score (nSPS) is 24.8. The number of benzene rings is 1. The molecule has 0 aliphatic heterocycles. The second-order valence-electron chi connectivity index (χ2n) is 5.79.